The molecule has 0 spiro atoms. The second kappa shape index (κ2) is 4.77. The fourth-order valence-electron chi connectivity index (χ4n) is 5.38. The Hall–Kier alpha value is -1.02. The van der Waals surface area contributed by atoms with Gasteiger partial charge in [0.2, 0.25) is 0 Å². The van der Waals surface area contributed by atoms with Crippen molar-refractivity contribution in [1.82, 2.24) is 5.32 Å². The number of hydrogen-bond acceptors (Lipinski definition) is 2. The topological polar surface area (TPSA) is 32.3 Å². The third kappa shape index (κ3) is 2.14. The van der Waals surface area contributed by atoms with E-state index in [-0.39, 0.29) is 0 Å². The van der Waals surface area contributed by atoms with Crippen LogP contribution in [0.5, 0.6) is 5.75 Å². The molecule has 0 heterocycles. The van der Waals surface area contributed by atoms with Gasteiger partial charge in [-0.3, -0.25) is 0 Å². The Morgan fingerprint density at radius 1 is 1.05 bits per heavy atom. The van der Waals surface area contributed by atoms with E-state index in [1.54, 1.807) is 6.07 Å². The third-order valence-corrected chi connectivity index (χ3v) is 6.04. The molecule has 0 amide bonds. The molecule has 4 fully saturated rings. The maximum atomic E-state index is 9.64. The Balaban J connectivity index is 1.49. The molecule has 108 valence electrons. The van der Waals surface area contributed by atoms with Crippen LogP contribution in [0.15, 0.2) is 24.3 Å². The van der Waals surface area contributed by atoms with Crippen LogP contribution < -0.4 is 5.32 Å². The Morgan fingerprint density at radius 2 is 1.70 bits per heavy atom. The van der Waals surface area contributed by atoms with Gasteiger partial charge in [-0.25, -0.2) is 0 Å². The molecule has 1 aromatic carbocycles. The van der Waals surface area contributed by atoms with Crippen molar-refractivity contribution in [3.05, 3.63) is 29.8 Å². The number of phenolic OH excluding ortho intramolecular Hbond substituents is 1. The maximum Gasteiger partial charge on any atom is 0.115 e. The summed E-state index contributed by atoms with van der Waals surface area (Å²) < 4.78 is 0. The Kier molecular flexibility index (Phi) is 3.03. The van der Waals surface area contributed by atoms with Crippen molar-refractivity contribution in [3.8, 4) is 5.75 Å². The molecule has 0 aliphatic heterocycles. The molecule has 2 nitrogen and oxygen atoms in total. The van der Waals surface area contributed by atoms with Crippen LogP contribution in [0.4, 0.5) is 0 Å². The van der Waals surface area contributed by atoms with Crippen LogP contribution in [0.2, 0.25) is 0 Å². The van der Waals surface area contributed by atoms with E-state index in [2.05, 4.69) is 18.3 Å². The number of phenols is 1. The summed E-state index contributed by atoms with van der Waals surface area (Å²) in [7, 11) is 0. The van der Waals surface area contributed by atoms with Gasteiger partial charge in [-0.05, 0) is 80.4 Å². The van der Waals surface area contributed by atoms with Crippen LogP contribution in [-0.4, -0.2) is 11.1 Å². The van der Waals surface area contributed by atoms with Gasteiger partial charge in [0, 0.05) is 12.1 Å². The molecule has 4 bridgehead atoms. The molecule has 0 radical (unpaired) electrons. The highest BCUT2D eigenvalue weighted by Gasteiger charge is 2.48. The third-order valence-electron chi connectivity index (χ3n) is 6.04. The van der Waals surface area contributed by atoms with Crippen molar-refractivity contribution in [2.45, 2.75) is 51.1 Å². The standard InChI is InChI=1S/C18H25NO/c1-11(14-3-2-4-17(20)10-14)19-18-15-6-12-5-13(8-15)9-16(18)7-12/h2-4,10-13,15-16,18-20H,5-9H2,1H3. The molecule has 4 aliphatic carbocycles. The predicted molar refractivity (Wildman–Crippen MR) is 80.5 cm³/mol. The molecule has 2 N–H and O–H groups in total. The fraction of sp³-hybridized carbons (Fsp3) is 0.667. The van der Waals surface area contributed by atoms with Crippen molar-refractivity contribution in [2.75, 3.05) is 0 Å². The van der Waals surface area contributed by atoms with Crippen molar-refractivity contribution < 1.29 is 5.11 Å². The quantitative estimate of drug-likeness (QED) is 0.874. The number of benzene rings is 1. The van der Waals surface area contributed by atoms with Gasteiger partial charge in [-0.1, -0.05) is 12.1 Å². The lowest BCUT2D eigenvalue weighted by Gasteiger charge is -2.55. The molecule has 4 saturated carbocycles. The van der Waals surface area contributed by atoms with Crippen LogP contribution in [-0.2, 0) is 0 Å². The first-order valence-corrected chi connectivity index (χ1v) is 8.24. The van der Waals surface area contributed by atoms with Gasteiger partial charge in [-0.15, -0.1) is 0 Å². The predicted octanol–water partition coefficient (Wildman–Crippen LogP) is 3.87. The summed E-state index contributed by atoms with van der Waals surface area (Å²) >= 11 is 0. The van der Waals surface area contributed by atoms with E-state index in [0.29, 0.717) is 17.8 Å². The second-order valence-corrected chi connectivity index (χ2v) is 7.44. The molecule has 1 aromatic rings. The van der Waals surface area contributed by atoms with E-state index in [1.165, 1.54) is 37.7 Å². The zero-order valence-electron chi connectivity index (χ0n) is 12.3. The summed E-state index contributed by atoms with van der Waals surface area (Å²) in [4.78, 5) is 0. The van der Waals surface area contributed by atoms with Gasteiger partial charge in [0.05, 0.1) is 0 Å². The highest BCUT2D eigenvalue weighted by Crippen LogP contribution is 2.54. The minimum atomic E-state index is 0.338. The summed E-state index contributed by atoms with van der Waals surface area (Å²) in [6.07, 6.45) is 7.34. The summed E-state index contributed by atoms with van der Waals surface area (Å²) in [5.41, 5.74) is 1.21. The summed E-state index contributed by atoms with van der Waals surface area (Å²) in [5, 5.41) is 13.5. The van der Waals surface area contributed by atoms with Gasteiger partial charge in [0.25, 0.3) is 0 Å². The highest BCUT2D eigenvalue weighted by molar-refractivity contribution is 5.29. The summed E-state index contributed by atoms with van der Waals surface area (Å²) in [6, 6.07) is 8.75. The monoisotopic (exact) mass is 271 g/mol. The molecule has 1 atom stereocenters. The minimum absolute atomic E-state index is 0.338. The van der Waals surface area contributed by atoms with Gasteiger partial charge in [0.1, 0.15) is 5.75 Å². The van der Waals surface area contributed by atoms with Gasteiger partial charge < -0.3 is 10.4 Å². The smallest absolute Gasteiger partial charge is 0.115 e. The summed E-state index contributed by atoms with van der Waals surface area (Å²) in [6.45, 7) is 2.24. The lowest BCUT2D eigenvalue weighted by molar-refractivity contribution is -0.0171. The summed E-state index contributed by atoms with van der Waals surface area (Å²) in [5.74, 6) is 4.26. The van der Waals surface area contributed by atoms with E-state index in [0.717, 1.165) is 23.7 Å². The molecule has 4 aliphatic rings. The minimum Gasteiger partial charge on any atom is -0.508 e. The molecule has 2 heteroatoms. The van der Waals surface area contributed by atoms with E-state index in [1.807, 2.05) is 12.1 Å². The van der Waals surface area contributed by atoms with E-state index >= 15 is 0 Å². The Morgan fingerprint density at radius 3 is 2.30 bits per heavy atom. The largest absolute Gasteiger partial charge is 0.508 e. The average Bonchev–Trinajstić information content (AvgIpc) is 2.42. The first-order valence-electron chi connectivity index (χ1n) is 8.24. The van der Waals surface area contributed by atoms with Crippen LogP contribution in [0.3, 0.4) is 0 Å². The fourth-order valence-corrected chi connectivity index (χ4v) is 5.38. The Labute approximate surface area is 121 Å². The highest BCUT2D eigenvalue weighted by atomic mass is 16.3. The first kappa shape index (κ1) is 12.7. The molecule has 5 rings (SSSR count). The molecule has 0 saturated heterocycles. The molecular formula is C18H25NO. The van der Waals surface area contributed by atoms with E-state index in [4.69, 9.17) is 0 Å². The van der Waals surface area contributed by atoms with Crippen LogP contribution >= 0.6 is 0 Å². The van der Waals surface area contributed by atoms with Crippen molar-refractivity contribution in [2.24, 2.45) is 23.7 Å². The molecule has 1 unspecified atom stereocenters. The lowest BCUT2D eigenvalue weighted by Crippen LogP contribution is -2.54. The number of hydrogen-bond donors (Lipinski definition) is 2. The molecular weight excluding hydrogens is 246 g/mol. The van der Waals surface area contributed by atoms with Crippen molar-refractivity contribution >= 4 is 0 Å². The molecule has 0 aromatic heterocycles. The van der Waals surface area contributed by atoms with E-state index < -0.39 is 0 Å². The zero-order valence-corrected chi connectivity index (χ0v) is 12.3. The van der Waals surface area contributed by atoms with Crippen molar-refractivity contribution in [3.63, 3.8) is 0 Å². The van der Waals surface area contributed by atoms with Gasteiger partial charge >= 0.3 is 0 Å². The average molecular weight is 271 g/mol. The SMILES string of the molecule is CC(NC1C2CC3CC(C2)CC1C3)c1cccc(O)c1. The second-order valence-electron chi connectivity index (χ2n) is 7.44. The normalized spacial score (nSPS) is 40.0. The lowest BCUT2D eigenvalue weighted by atomic mass is 9.54. The van der Waals surface area contributed by atoms with Crippen molar-refractivity contribution in [1.29, 1.82) is 0 Å². The number of rotatable bonds is 3. The van der Waals surface area contributed by atoms with Crippen LogP contribution in [0.1, 0.15) is 50.6 Å². The zero-order chi connectivity index (χ0) is 13.7. The number of nitrogens with one attached hydrogen (secondary N) is 1. The Bertz CT molecular complexity index is 470. The first-order chi connectivity index (χ1) is 9.69. The maximum absolute atomic E-state index is 9.64. The van der Waals surface area contributed by atoms with Gasteiger partial charge in [0.15, 0.2) is 0 Å². The van der Waals surface area contributed by atoms with E-state index in [9.17, 15) is 5.11 Å². The van der Waals surface area contributed by atoms with Crippen LogP contribution in [0, 0.1) is 23.7 Å². The molecule has 20 heavy (non-hydrogen) atoms. The van der Waals surface area contributed by atoms with Crippen LogP contribution in [0.25, 0.3) is 0 Å². The number of aromatic hydroxyl groups is 1. The van der Waals surface area contributed by atoms with Gasteiger partial charge in [-0.2, -0.15) is 0 Å².